The smallest absolute Gasteiger partial charge is 0.258 e. The van der Waals surface area contributed by atoms with E-state index in [1.165, 1.54) is 12.7 Å². The molecule has 3 aromatic rings. The molecule has 0 unspecified atom stereocenters. The summed E-state index contributed by atoms with van der Waals surface area (Å²) in [6, 6.07) is 1.59. The van der Waals surface area contributed by atoms with Crippen LogP contribution >= 0.6 is 0 Å². The molecule has 0 spiro atoms. The van der Waals surface area contributed by atoms with E-state index in [4.69, 9.17) is 0 Å². The van der Waals surface area contributed by atoms with Gasteiger partial charge in [0.05, 0.1) is 23.6 Å². The van der Waals surface area contributed by atoms with E-state index in [0.29, 0.717) is 5.52 Å². The number of aromatic amines is 1. The zero-order valence-electron chi connectivity index (χ0n) is 8.36. The van der Waals surface area contributed by atoms with Gasteiger partial charge in [0.15, 0.2) is 5.82 Å². The van der Waals surface area contributed by atoms with Gasteiger partial charge in [0.2, 0.25) is 0 Å². The van der Waals surface area contributed by atoms with Crippen molar-refractivity contribution in [2.75, 3.05) is 0 Å². The van der Waals surface area contributed by atoms with Crippen LogP contribution in [0.3, 0.4) is 0 Å². The Balaban J connectivity index is 2.68. The standard InChI is InChI=1S/C10H7FN4O/c1-15-4-14-9-6(15)2-5-8(7(9)11)12-3-13-10(5)16/h2-4H,1H3,(H,12,13,16). The number of nitrogens with zero attached hydrogens (tertiary/aromatic N) is 3. The number of rotatable bonds is 0. The van der Waals surface area contributed by atoms with Gasteiger partial charge in [0.1, 0.15) is 11.0 Å². The maximum absolute atomic E-state index is 14.0. The van der Waals surface area contributed by atoms with Crippen LogP contribution in [0, 0.1) is 5.82 Å². The van der Waals surface area contributed by atoms with E-state index in [2.05, 4.69) is 15.0 Å². The van der Waals surface area contributed by atoms with Crippen molar-refractivity contribution in [3.63, 3.8) is 0 Å². The summed E-state index contributed by atoms with van der Waals surface area (Å²) in [6.45, 7) is 0. The van der Waals surface area contributed by atoms with Crippen molar-refractivity contribution >= 4 is 21.9 Å². The van der Waals surface area contributed by atoms with Crippen molar-refractivity contribution in [3.8, 4) is 0 Å². The molecule has 0 atom stereocenters. The molecule has 80 valence electrons. The van der Waals surface area contributed by atoms with Gasteiger partial charge in [0.25, 0.3) is 5.56 Å². The lowest BCUT2D eigenvalue weighted by Gasteiger charge is -1.99. The highest BCUT2D eigenvalue weighted by molar-refractivity contribution is 5.93. The Bertz CT molecular complexity index is 758. The summed E-state index contributed by atoms with van der Waals surface area (Å²) < 4.78 is 15.6. The summed E-state index contributed by atoms with van der Waals surface area (Å²) >= 11 is 0. The van der Waals surface area contributed by atoms with Crippen LogP contribution in [0.4, 0.5) is 4.39 Å². The molecule has 0 bridgehead atoms. The second-order valence-corrected chi connectivity index (χ2v) is 3.54. The van der Waals surface area contributed by atoms with Gasteiger partial charge in [-0.25, -0.2) is 14.4 Å². The van der Waals surface area contributed by atoms with E-state index in [1.807, 2.05) is 0 Å². The molecule has 16 heavy (non-hydrogen) atoms. The van der Waals surface area contributed by atoms with Crippen molar-refractivity contribution in [2.24, 2.45) is 7.05 Å². The van der Waals surface area contributed by atoms with Crippen molar-refractivity contribution in [1.82, 2.24) is 19.5 Å². The Morgan fingerprint density at radius 3 is 3.00 bits per heavy atom. The van der Waals surface area contributed by atoms with Crippen LogP contribution in [-0.4, -0.2) is 19.5 Å². The van der Waals surface area contributed by atoms with E-state index < -0.39 is 5.82 Å². The summed E-state index contributed by atoms with van der Waals surface area (Å²) in [5.41, 5.74) is 0.499. The van der Waals surface area contributed by atoms with Crippen LogP contribution in [0.5, 0.6) is 0 Å². The van der Waals surface area contributed by atoms with E-state index in [-0.39, 0.29) is 22.0 Å². The molecule has 0 amide bonds. The maximum atomic E-state index is 14.0. The largest absolute Gasteiger partial charge is 0.334 e. The predicted octanol–water partition coefficient (Wildman–Crippen LogP) is 0.949. The summed E-state index contributed by atoms with van der Waals surface area (Å²) in [6.07, 6.45) is 2.68. The molecule has 0 saturated carbocycles. The second-order valence-electron chi connectivity index (χ2n) is 3.54. The highest BCUT2D eigenvalue weighted by Gasteiger charge is 2.13. The molecule has 0 saturated heterocycles. The number of fused-ring (bicyclic) bond motifs is 2. The van der Waals surface area contributed by atoms with Crippen LogP contribution in [0.15, 0.2) is 23.5 Å². The van der Waals surface area contributed by atoms with E-state index >= 15 is 0 Å². The summed E-state index contributed by atoms with van der Waals surface area (Å²) in [4.78, 5) is 21.7. The average molecular weight is 218 g/mol. The normalized spacial score (nSPS) is 11.4. The maximum Gasteiger partial charge on any atom is 0.258 e. The molecule has 0 aliphatic heterocycles. The van der Waals surface area contributed by atoms with Crippen molar-refractivity contribution in [3.05, 3.63) is 34.9 Å². The summed E-state index contributed by atoms with van der Waals surface area (Å²) in [7, 11) is 1.74. The van der Waals surface area contributed by atoms with Crippen LogP contribution in [-0.2, 0) is 7.05 Å². The third-order valence-electron chi connectivity index (χ3n) is 2.57. The zero-order valence-corrected chi connectivity index (χ0v) is 8.36. The molecule has 1 N–H and O–H groups in total. The topological polar surface area (TPSA) is 63.6 Å². The third-order valence-corrected chi connectivity index (χ3v) is 2.57. The molecular weight excluding hydrogens is 211 g/mol. The molecule has 0 aliphatic carbocycles. The number of hydrogen-bond acceptors (Lipinski definition) is 3. The lowest BCUT2D eigenvalue weighted by molar-refractivity contribution is 0.645. The monoisotopic (exact) mass is 218 g/mol. The van der Waals surface area contributed by atoms with E-state index in [0.717, 1.165) is 0 Å². The SMILES string of the molecule is Cn1cnc2c(F)c3nc[nH]c(=O)c3cc21. The highest BCUT2D eigenvalue weighted by Crippen LogP contribution is 2.21. The molecule has 6 heteroatoms. The number of H-pyrrole nitrogens is 1. The second kappa shape index (κ2) is 2.88. The number of halogens is 1. The van der Waals surface area contributed by atoms with Gasteiger partial charge in [0, 0.05) is 7.05 Å². The highest BCUT2D eigenvalue weighted by atomic mass is 19.1. The first kappa shape index (κ1) is 9.02. The molecular formula is C10H7FN4O. The van der Waals surface area contributed by atoms with Crippen LogP contribution < -0.4 is 5.56 Å². The lowest BCUT2D eigenvalue weighted by Crippen LogP contribution is -2.07. The zero-order chi connectivity index (χ0) is 11.3. The predicted molar refractivity (Wildman–Crippen MR) is 56.6 cm³/mol. The molecule has 0 radical (unpaired) electrons. The van der Waals surface area contributed by atoms with Gasteiger partial charge < -0.3 is 9.55 Å². The van der Waals surface area contributed by atoms with Gasteiger partial charge in [-0.15, -0.1) is 0 Å². The molecule has 2 aromatic heterocycles. The Kier molecular flexibility index (Phi) is 1.62. The van der Waals surface area contributed by atoms with Crippen LogP contribution in [0.25, 0.3) is 21.9 Å². The Hall–Kier alpha value is -2.24. The average Bonchev–Trinajstić information content (AvgIpc) is 2.63. The third kappa shape index (κ3) is 1.01. The van der Waals surface area contributed by atoms with Crippen molar-refractivity contribution in [2.45, 2.75) is 0 Å². The fraction of sp³-hybridized carbons (Fsp3) is 0.100. The number of imidazole rings is 1. The molecule has 2 heterocycles. The van der Waals surface area contributed by atoms with Gasteiger partial charge >= 0.3 is 0 Å². The van der Waals surface area contributed by atoms with Gasteiger partial charge in [-0.1, -0.05) is 0 Å². The lowest BCUT2D eigenvalue weighted by atomic mass is 10.2. The summed E-state index contributed by atoms with van der Waals surface area (Å²) in [5.74, 6) is -0.556. The van der Waals surface area contributed by atoms with E-state index in [9.17, 15) is 9.18 Å². The quantitative estimate of drug-likeness (QED) is 0.611. The minimum Gasteiger partial charge on any atom is -0.334 e. The Morgan fingerprint density at radius 2 is 2.19 bits per heavy atom. The minimum absolute atomic E-state index is 0.0509. The first-order chi connectivity index (χ1) is 7.68. The molecule has 0 fully saturated rings. The number of nitrogens with one attached hydrogen (secondary N) is 1. The minimum atomic E-state index is -0.556. The van der Waals surface area contributed by atoms with Gasteiger partial charge in [-0.2, -0.15) is 0 Å². The molecule has 5 nitrogen and oxygen atoms in total. The summed E-state index contributed by atoms with van der Waals surface area (Å²) in [5, 5.41) is 0.233. The van der Waals surface area contributed by atoms with Crippen LogP contribution in [0.1, 0.15) is 0 Å². The number of hydrogen-bond donors (Lipinski definition) is 1. The fourth-order valence-electron chi connectivity index (χ4n) is 1.75. The van der Waals surface area contributed by atoms with Gasteiger partial charge in [-0.05, 0) is 6.07 Å². The Morgan fingerprint density at radius 1 is 1.38 bits per heavy atom. The number of aryl methyl sites for hydroxylation is 1. The molecule has 1 aromatic carbocycles. The van der Waals surface area contributed by atoms with Crippen molar-refractivity contribution < 1.29 is 4.39 Å². The fourth-order valence-corrected chi connectivity index (χ4v) is 1.75. The Labute approximate surface area is 88.6 Å². The van der Waals surface area contributed by atoms with Gasteiger partial charge in [-0.3, -0.25) is 4.79 Å². The van der Waals surface area contributed by atoms with Crippen molar-refractivity contribution in [1.29, 1.82) is 0 Å². The van der Waals surface area contributed by atoms with E-state index in [1.54, 1.807) is 17.7 Å². The number of aromatic nitrogens is 4. The first-order valence-corrected chi connectivity index (χ1v) is 4.65. The van der Waals surface area contributed by atoms with Crippen LogP contribution in [0.2, 0.25) is 0 Å². The molecule has 3 rings (SSSR count). The molecule has 0 aliphatic rings. The first-order valence-electron chi connectivity index (χ1n) is 4.65. The number of benzene rings is 1.